The van der Waals surface area contributed by atoms with Crippen LogP contribution in [-0.2, 0) is 0 Å². The number of aromatic carboxylic acids is 2. The average Bonchev–Trinajstić information content (AvgIpc) is 2.83. The minimum atomic E-state index is -1.27. The number of benzene rings is 3. The van der Waals surface area contributed by atoms with E-state index >= 15 is 0 Å². The van der Waals surface area contributed by atoms with E-state index in [-0.39, 0.29) is 66.5 Å². The van der Waals surface area contributed by atoms with Gasteiger partial charge in [0.05, 0.1) is 22.2 Å². The predicted octanol–water partition coefficient (Wildman–Crippen LogP) is 4.26. The van der Waals surface area contributed by atoms with Gasteiger partial charge in [0.25, 0.3) is 0 Å². The lowest BCUT2D eigenvalue weighted by Gasteiger charge is -2.11. The Hall–Kier alpha value is -4.90. The maximum Gasteiger partial charge on any atom is 0.337 e. The van der Waals surface area contributed by atoms with Crippen molar-refractivity contribution in [3.8, 4) is 22.5 Å². The normalized spacial score (nSPS) is 11.2. The summed E-state index contributed by atoms with van der Waals surface area (Å²) in [4.78, 5) is 40.1. The van der Waals surface area contributed by atoms with Crippen molar-refractivity contribution in [2.24, 2.45) is 0 Å². The van der Waals surface area contributed by atoms with Gasteiger partial charge in [0.1, 0.15) is 23.8 Å². The van der Waals surface area contributed by atoms with E-state index in [1.165, 1.54) is 30.3 Å². The average molecular weight is 505 g/mol. The predicted molar refractivity (Wildman–Crippen MR) is 131 cm³/mol. The summed E-state index contributed by atoms with van der Waals surface area (Å²) in [6.07, 6.45) is 1.16. The standard InChI is InChI=1S/C24H14ClFN6O4/c25-12-6-15-19(17(7-12)24(35)36)31-22(32-21(15)28)11-1-9(2-13(26)3-11)10-4-14-18(16(5-10)23(33)34)29-8-30-20(14)27/h1-8H,(H,33,34)(H,35,36)(H2,27,29,30)(H2,28,31,32). The Morgan fingerprint density at radius 3 is 2.11 bits per heavy atom. The Morgan fingerprint density at radius 1 is 0.750 bits per heavy atom. The van der Waals surface area contributed by atoms with Crippen molar-refractivity contribution in [2.75, 3.05) is 11.5 Å². The van der Waals surface area contributed by atoms with Gasteiger partial charge in [-0.3, -0.25) is 0 Å². The lowest BCUT2D eigenvalue weighted by Crippen LogP contribution is -2.04. The summed E-state index contributed by atoms with van der Waals surface area (Å²) in [5.74, 6) is -3.21. The molecule has 2 aromatic heterocycles. The quantitative estimate of drug-likeness (QED) is 0.276. The van der Waals surface area contributed by atoms with Crippen LogP contribution in [0.2, 0.25) is 5.02 Å². The Balaban J connectivity index is 1.74. The molecule has 0 amide bonds. The van der Waals surface area contributed by atoms with Gasteiger partial charge in [-0.05, 0) is 53.6 Å². The number of nitrogen functional groups attached to an aromatic ring is 2. The van der Waals surface area contributed by atoms with Crippen LogP contribution in [0.5, 0.6) is 0 Å². The van der Waals surface area contributed by atoms with Crippen LogP contribution in [0.1, 0.15) is 20.7 Å². The molecule has 5 aromatic rings. The molecule has 178 valence electrons. The SMILES string of the molecule is Nc1ncnc2c(C(=O)O)cc(-c3cc(F)cc(-c4nc(N)c5cc(Cl)cc(C(=O)O)c5n4)c3)cc12. The van der Waals surface area contributed by atoms with Gasteiger partial charge in [0, 0.05) is 21.4 Å². The van der Waals surface area contributed by atoms with Crippen LogP contribution in [0.15, 0.2) is 48.8 Å². The molecule has 0 bridgehead atoms. The zero-order valence-corrected chi connectivity index (χ0v) is 18.8. The number of hydrogen-bond donors (Lipinski definition) is 4. The van der Waals surface area contributed by atoms with Crippen LogP contribution in [0, 0.1) is 5.82 Å². The number of hydrogen-bond acceptors (Lipinski definition) is 8. The largest absolute Gasteiger partial charge is 0.478 e. The maximum absolute atomic E-state index is 14.8. The summed E-state index contributed by atoms with van der Waals surface area (Å²) in [5.41, 5.74) is 12.6. The molecule has 0 fully saturated rings. The minimum Gasteiger partial charge on any atom is -0.478 e. The second-order valence-corrected chi connectivity index (χ2v) is 8.24. The monoisotopic (exact) mass is 504 g/mol. The molecule has 0 unspecified atom stereocenters. The van der Waals surface area contributed by atoms with Crippen molar-refractivity contribution in [3.63, 3.8) is 0 Å². The van der Waals surface area contributed by atoms with E-state index in [1.54, 1.807) is 6.07 Å². The molecule has 0 aliphatic rings. The van der Waals surface area contributed by atoms with Gasteiger partial charge < -0.3 is 21.7 Å². The van der Waals surface area contributed by atoms with Gasteiger partial charge in [-0.15, -0.1) is 0 Å². The first-order valence-electron chi connectivity index (χ1n) is 10.2. The Bertz CT molecular complexity index is 1760. The second-order valence-electron chi connectivity index (χ2n) is 7.80. The summed E-state index contributed by atoms with van der Waals surface area (Å²) in [6, 6.07) is 9.43. The fourth-order valence-electron chi connectivity index (χ4n) is 3.91. The van der Waals surface area contributed by atoms with Gasteiger partial charge in [0.15, 0.2) is 5.82 Å². The molecule has 36 heavy (non-hydrogen) atoms. The lowest BCUT2D eigenvalue weighted by atomic mass is 9.97. The van der Waals surface area contributed by atoms with E-state index in [4.69, 9.17) is 23.1 Å². The Kier molecular flexibility index (Phi) is 5.33. The van der Waals surface area contributed by atoms with E-state index in [0.29, 0.717) is 5.56 Å². The summed E-state index contributed by atoms with van der Waals surface area (Å²) in [7, 11) is 0. The lowest BCUT2D eigenvalue weighted by molar-refractivity contribution is 0.0688. The number of fused-ring (bicyclic) bond motifs is 2. The molecule has 3 aromatic carbocycles. The van der Waals surface area contributed by atoms with E-state index < -0.39 is 17.8 Å². The summed E-state index contributed by atoms with van der Waals surface area (Å²) in [6.45, 7) is 0. The van der Waals surface area contributed by atoms with Gasteiger partial charge >= 0.3 is 11.9 Å². The van der Waals surface area contributed by atoms with Crippen LogP contribution in [0.4, 0.5) is 16.0 Å². The number of anilines is 2. The molecule has 0 spiro atoms. The van der Waals surface area contributed by atoms with Gasteiger partial charge in [-0.1, -0.05) is 11.6 Å². The molecule has 12 heteroatoms. The van der Waals surface area contributed by atoms with Crippen molar-refractivity contribution < 1.29 is 24.2 Å². The van der Waals surface area contributed by atoms with Gasteiger partial charge in [0.2, 0.25) is 0 Å². The molecule has 0 aliphatic carbocycles. The van der Waals surface area contributed by atoms with E-state index in [1.807, 2.05) is 0 Å². The molecule has 2 heterocycles. The maximum atomic E-state index is 14.8. The second kappa shape index (κ2) is 8.40. The van der Waals surface area contributed by atoms with Crippen LogP contribution < -0.4 is 11.5 Å². The topological polar surface area (TPSA) is 178 Å². The highest BCUT2D eigenvalue weighted by Crippen LogP contribution is 2.33. The summed E-state index contributed by atoms with van der Waals surface area (Å²) in [5, 5.41) is 19.9. The third kappa shape index (κ3) is 3.87. The third-order valence-corrected chi connectivity index (χ3v) is 5.73. The molecule has 0 radical (unpaired) electrons. The highest BCUT2D eigenvalue weighted by molar-refractivity contribution is 6.32. The number of rotatable bonds is 4. The molecule has 6 N–H and O–H groups in total. The van der Waals surface area contributed by atoms with Crippen molar-refractivity contribution >= 4 is 57.0 Å². The molecule has 0 saturated heterocycles. The van der Waals surface area contributed by atoms with Gasteiger partial charge in [-0.2, -0.15) is 0 Å². The van der Waals surface area contributed by atoms with Crippen molar-refractivity contribution in [1.29, 1.82) is 0 Å². The number of carboxylic acids is 2. The fraction of sp³-hybridized carbons (Fsp3) is 0. The molecule has 0 atom stereocenters. The molecule has 0 aliphatic heterocycles. The number of halogens is 2. The highest BCUT2D eigenvalue weighted by Gasteiger charge is 2.19. The molecule has 0 saturated carbocycles. The number of carbonyl (C=O) groups is 2. The zero-order valence-electron chi connectivity index (χ0n) is 18.0. The van der Waals surface area contributed by atoms with Crippen LogP contribution in [0.3, 0.4) is 0 Å². The zero-order chi connectivity index (χ0) is 25.7. The van der Waals surface area contributed by atoms with Gasteiger partial charge in [-0.25, -0.2) is 33.9 Å². The molecule has 5 rings (SSSR count). The van der Waals surface area contributed by atoms with Crippen molar-refractivity contribution in [1.82, 2.24) is 19.9 Å². The number of aromatic nitrogens is 4. The first-order chi connectivity index (χ1) is 17.1. The van der Waals surface area contributed by atoms with Crippen LogP contribution >= 0.6 is 11.6 Å². The minimum absolute atomic E-state index is 0.0315. The molecule has 10 nitrogen and oxygen atoms in total. The number of nitrogens with zero attached hydrogens (tertiary/aromatic N) is 4. The van der Waals surface area contributed by atoms with E-state index in [9.17, 15) is 24.2 Å². The summed E-state index contributed by atoms with van der Waals surface area (Å²) < 4.78 is 14.8. The Labute approximate surface area is 206 Å². The first kappa shape index (κ1) is 22.9. The van der Waals surface area contributed by atoms with E-state index in [0.717, 1.165) is 12.4 Å². The Morgan fingerprint density at radius 2 is 1.39 bits per heavy atom. The van der Waals surface area contributed by atoms with Crippen molar-refractivity contribution in [2.45, 2.75) is 0 Å². The number of nitrogens with two attached hydrogens (primary N) is 2. The molecular weight excluding hydrogens is 491 g/mol. The van der Waals surface area contributed by atoms with Crippen molar-refractivity contribution in [3.05, 3.63) is 70.8 Å². The van der Waals surface area contributed by atoms with Crippen LogP contribution in [-0.4, -0.2) is 42.1 Å². The fourth-order valence-corrected chi connectivity index (χ4v) is 4.13. The highest BCUT2D eigenvalue weighted by atomic mass is 35.5. The van der Waals surface area contributed by atoms with E-state index in [2.05, 4.69) is 19.9 Å². The summed E-state index contributed by atoms with van der Waals surface area (Å²) >= 11 is 6.01. The smallest absolute Gasteiger partial charge is 0.337 e. The van der Waals surface area contributed by atoms with Crippen LogP contribution in [0.25, 0.3) is 44.3 Å². The third-order valence-electron chi connectivity index (χ3n) is 5.51. The first-order valence-corrected chi connectivity index (χ1v) is 10.6. The number of carboxylic acid groups (broad SMARTS) is 2. The molecular formula is C24H14ClFN6O4.